The van der Waals surface area contributed by atoms with Crippen LogP contribution in [0.3, 0.4) is 0 Å². The number of hydrogen-bond acceptors (Lipinski definition) is 1. The predicted octanol–water partition coefficient (Wildman–Crippen LogP) is 5.35. The van der Waals surface area contributed by atoms with E-state index in [1.165, 1.54) is 6.42 Å². The number of rotatable bonds is 3. The molecule has 2 aliphatic rings. The first-order chi connectivity index (χ1) is 10.6. The zero-order valence-corrected chi connectivity index (χ0v) is 16.1. The molecule has 0 saturated carbocycles. The van der Waals surface area contributed by atoms with Crippen molar-refractivity contribution in [3.63, 3.8) is 0 Å². The summed E-state index contributed by atoms with van der Waals surface area (Å²) in [5, 5.41) is 0. The molecule has 0 aromatic carbocycles. The molecule has 0 N–H and O–H groups in total. The SMILES string of the molecule is CCC(C)[C@H]1C(C(=O)N2C(C)(C)CCCC2(C)C)=CC=C[C@@H]1C. The lowest BCUT2D eigenvalue weighted by molar-refractivity contribution is -0.145. The summed E-state index contributed by atoms with van der Waals surface area (Å²) in [6, 6.07) is 0. The Morgan fingerprint density at radius 3 is 2.35 bits per heavy atom. The minimum absolute atomic E-state index is 0.0654. The highest BCUT2D eigenvalue weighted by Gasteiger charge is 2.46. The molecule has 1 fully saturated rings. The van der Waals surface area contributed by atoms with Crippen LogP contribution in [0.1, 0.15) is 74.1 Å². The van der Waals surface area contributed by atoms with Gasteiger partial charge in [0.2, 0.25) is 0 Å². The molecule has 1 aliphatic carbocycles. The number of carbonyl (C=O) groups is 1. The van der Waals surface area contributed by atoms with Gasteiger partial charge in [-0.25, -0.2) is 0 Å². The van der Waals surface area contributed by atoms with Crippen molar-refractivity contribution in [1.82, 2.24) is 4.90 Å². The molecule has 1 heterocycles. The molecule has 0 spiro atoms. The quantitative estimate of drug-likeness (QED) is 0.687. The molecule has 2 heteroatoms. The topological polar surface area (TPSA) is 20.3 Å². The average Bonchev–Trinajstić information content (AvgIpc) is 2.44. The number of carbonyl (C=O) groups excluding carboxylic acids is 1. The van der Waals surface area contributed by atoms with Crippen molar-refractivity contribution in [1.29, 1.82) is 0 Å². The normalized spacial score (nSPS) is 30.7. The smallest absolute Gasteiger partial charge is 0.250 e. The lowest BCUT2D eigenvalue weighted by Crippen LogP contribution is -2.61. The number of amides is 1. The van der Waals surface area contributed by atoms with Gasteiger partial charge >= 0.3 is 0 Å². The number of likely N-dealkylation sites (tertiary alicyclic amines) is 1. The second-order valence-electron chi connectivity index (χ2n) is 8.90. The van der Waals surface area contributed by atoms with Crippen molar-refractivity contribution in [2.24, 2.45) is 17.8 Å². The van der Waals surface area contributed by atoms with Crippen LogP contribution in [-0.4, -0.2) is 21.9 Å². The number of allylic oxidation sites excluding steroid dienone is 3. The van der Waals surface area contributed by atoms with Crippen molar-refractivity contribution in [2.45, 2.75) is 85.2 Å². The van der Waals surface area contributed by atoms with Gasteiger partial charge in [0.25, 0.3) is 5.91 Å². The van der Waals surface area contributed by atoms with Gasteiger partial charge in [0, 0.05) is 16.7 Å². The van der Waals surface area contributed by atoms with Crippen LogP contribution in [0, 0.1) is 17.8 Å². The molecule has 1 amide bonds. The Hall–Kier alpha value is -1.05. The molecular formula is C21H35NO. The van der Waals surface area contributed by atoms with E-state index in [1.54, 1.807) is 0 Å². The molecule has 0 radical (unpaired) electrons. The van der Waals surface area contributed by atoms with Gasteiger partial charge < -0.3 is 4.90 Å². The minimum atomic E-state index is -0.0654. The standard InChI is InChI=1S/C21H35NO/c1-8-15(2)18-16(3)11-9-12-17(18)19(23)22-20(4,5)13-10-14-21(22,6)7/h9,11-12,15-16,18H,8,10,13-14H2,1-7H3/t15?,16-,18+/m0/s1. The molecule has 2 rings (SSSR count). The molecule has 0 aromatic rings. The number of hydrogen-bond donors (Lipinski definition) is 0. The van der Waals surface area contributed by atoms with Crippen molar-refractivity contribution in [3.05, 3.63) is 23.8 Å². The fraction of sp³-hybridized carbons (Fsp3) is 0.762. The van der Waals surface area contributed by atoms with Gasteiger partial charge in [-0.05, 0) is 64.7 Å². The minimum Gasteiger partial charge on any atom is -0.329 e. The molecule has 23 heavy (non-hydrogen) atoms. The number of nitrogens with zero attached hydrogens (tertiary/aromatic N) is 1. The largest absolute Gasteiger partial charge is 0.329 e. The van der Waals surface area contributed by atoms with Crippen molar-refractivity contribution < 1.29 is 4.79 Å². The second-order valence-corrected chi connectivity index (χ2v) is 8.90. The van der Waals surface area contributed by atoms with Crippen LogP contribution < -0.4 is 0 Å². The molecule has 1 aliphatic heterocycles. The summed E-state index contributed by atoms with van der Waals surface area (Å²) in [6.07, 6.45) is 10.9. The van der Waals surface area contributed by atoms with E-state index in [0.717, 1.165) is 24.8 Å². The Balaban J connectivity index is 2.40. The van der Waals surface area contributed by atoms with Gasteiger partial charge in [0.1, 0.15) is 0 Å². The lowest BCUT2D eigenvalue weighted by Gasteiger charge is -2.54. The predicted molar refractivity (Wildman–Crippen MR) is 98.2 cm³/mol. The van der Waals surface area contributed by atoms with Crippen LogP contribution in [-0.2, 0) is 4.79 Å². The van der Waals surface area contributed by atoms with Crippen LogP contribution in [0.25, 0.3) is 0 Å². The summed E-state index contributed by atoms with van der Waals surface area (Å²) in [6.45, 7) is 15.7. The highest BCUT2D eigenvalue weighted by atomic mass is 16.2. The molecule has 0 bridgehead atoms. The van der Waals surface area contributed by atoms with Gasteiger partial charge in [0.15, 0.2) is 0 Å². The van der Waals surface area contributed by atoms with Crippen LogP contribution in [0.15, 0.2) is 23.8 Å². The molecule has 3 atom stereocenters. The van der Waals surface area contributed by atoms with Crippen molar-refractivity contribution in [2.75, 3.05) is 0 Å². The average molecular weight is 318 g/mol. The second kappa shape index (κ2) is 6.45. The van der Waals surface area contributed by atoms with Gasteiger partial charge in [-0.2, -0.15) is 0 Å². The van der Waals surface area contributed by atoms with E-state index in [-0.39, 0.29) is 17.0 Å². The first kappa shape index (κ1) is 18.3. The first-order valence-corrected chi connectivity index (χ1v) is 9.35. The molecule has 0 aromatic heterocycles. The van der Waals surface area contributed by atoms with Crippen LogP contribution >= 0.6 is 0 Å². The van der Waals surface area contributed by atoms with E-state index >= 15 is 0 Å². The maximum Gasteiger partial charge on any atom is 0.250 e. The summed E-state index contributed by atoms with van der Waals surface area (Å²) in [4.78, 5) is 15.8. The summed E-state index contributed by atoms with van der Waals surface area (Å²) in [5.41, 5.74) is 0.895. The van der Waals surface area contributed by atoms with E-state index in [9.17, 15) is 4.79 Å². The fourth-order valence-corrected chi connectivity index (χ4v) is 4.82. The molecule has 1 saturated heterocycles. The van der Waals surface area contributed by atoms with E-state index in [1.807, 2.05) is 0 Å². The van der Waals surface area contributed by atoms with Crippen molar-refractivity contribution >= 4 is 5.91 Å². The maximum atomic E-state index is 13.6. The third-order valence-corrected chi connectivity index (χ3v) is 6.11. The van der Waals surface area contributed by atoms with E-state index < -0.39 is 0 Å². The monoisotopic (exact) mass is 317 g/mol. The van der Waals surface area contributed by atoms with Crippen molar-refractivity contribution in [3.8, 4) is 0 Å². The maximum absolute atomic E-state index is 13.6. The molecule has 130 valence electrons. The summed E-state index contributed by atoms with van der Waals surface area (Å²) in [5.74, 6) is 1.57. The molecule has 1 unspecified atom stereocenters. The zero-order valence-electron chi connectivity index (χ0n) is 16.1. The van der Waals surface area contributed by atoms with Gasteiger partial charge in [0.05, 0.1) is 0 Å². The van der Waals surface area contributed by atoms with E-state index in [0.29, 0.717) is 17.8 Å². The third-order valence-electron chi connectivity index (χ3n) is 6.11. The molecule has 2 nitrogen and oxygen atoms in total. The summed E-state index contributed by atoms with van der Waals surface area (Å²) >= 11 is 0. The van der Waals surface area contributed by atoms with Crippen LogP contribution in [0.5, 0.6) is 0 Å². The number of piperidine rings is 1. The van der Waals surface area contributed by atoms with E-state index in [4.69, 9.17) is 0 Å². The Kier molecular flexibility index (Phi) is 5.13. The highest BCUT2D eigenvalue weighted by Crippen LogP contribution is 2.42. The Labute approximate surface area is 143 Å². The lowest BCUT2D eigenvalue weighted by atomic mass is 9.72. The van der Waals surface area contributed by atoms with Gasteiger partial charge in [-0.15, -0.1) is 0 Å². The highest BCUT2D eigenvalue weighted by molar-refractivity contribution is 5.95. The Bertz CT molecular complexity index is 496. The Morgan fingerprint density at radius 2 is 1.83 bits per heavy atom. The van der Waals surface area contributed by atoms with Gasteiger partial charge in [-0.3, -0.25) is 4.79 Å². The van der Waals surface area contributed by atoms with E-state index in [2.05, 4.69) is 71.6 Å². The third kappa shape index (κ3) is 3.41. The fourth-order valence-electron chi connectivity index (χ4n) is 4.82. The zero-order chi connectivity index (χ0) is 17.4. The summed E-state index contributed by atoms with van der Waals surface area (Å²) < 4.78 is 0. The van der Waals surface area contributed by atoms with Crippen LogP contribution in [0.4, 0.5) is 0 Å². The van der Waals surface area contributed by atoms with Crippen LogP contribution in [0.2, 0.25) is 0 Å². The molecular weight excluding hydrogens is 282 g/mol. The first-order valence-electron chi connectivity index (χ1n) is 9.35. The van der Waals surface area contributed by atoms with Gasteiger partial charge in [-0.1, -0.05) is 45.4 Å². The Morgan fingerprint density at radius 1 is 1.26 bits per heavy atom. The summed E-state index contributed by atoms with van der Waals surface area (Å²) in [7, 11) is 0.